The number of aromatic nitrogens is 2. The number of amides is 1. The summed E-state index contributed by atoms with van der Waals surface area (Å²) in [5, 5.41) is 6.34. The molecule has 1 amide bonds. The molecule has 2 aromatic rings. The third-order valence-corrected chi connectivity index (χ3v) is 4.43. The molecule has 1 aromatic carbocycles. The van der Waals surface area contributed by atoms with Crippen LogP contribution in [0.15, 0.2) is 30.6 Å². The highest BCUT2D eigenvalue weighted by Crippen LogP contribution is 2.27. The average molecular weight is 392 g/mol. The molecule has 3 rings (SSSR count). The number of anilines is 2. The third kappa shape index (κ3) is 5.53. The molecule has 1 aliphatic rings. The van der Waals surface area contributed by atoms with Gasteiger partial charge in [0.25, 0.3) is 5.91 Å². The van der Waals surface area contributed by atoms with Gasteiger partial charge in [-0.1, -0.05) is 11.6 Å². The number of carbonyl (C=O) groups excluding carboxylic acids is 1. The first kappa shape index (κ1) is 19.3. The van der Waals surface area contributed by atoms with Gasteiger partial charge >= 0.3 is 0 Å². The topological polar surface area (TPSA) is 88.6 Å². The molecule has 2 heterocycles. The molecule has 1 aromatic heterocycles. The number of carbonyl (C=O) groups is 1. The molecule has 8 nitrogen and oxygen atoms in total. The van der Waals surface area contributed by atoms with Gasteiger partial charge in [0, 0.05) is 44.3 Å². The maximum absolute atomic E-state index is 12.3. The van der Waals surface area contributed by atoms with Crippen molar-refractivity contribution in [2.75, 3.05) is 57.1 Å². The lowest BCUT2D eigenvalue weighted by molar-refractivity contribution is 0.0398. The van der Waals surface area contributed by atoms with Gasteiger partial charge in [-0.15, -0.1) is 0 Å². The summed E-state index contributed by atoms with van der Waals surface area (Å²) in [7, 11) is 1.54. The van der Waals surface area contributed by atoms with Crippen LogP contribution in [0.2, 0.25) is 5.02 Å². The van der Waals surface area contributed by atoms with Gasteiger partial charge in [-0.05, 0) is 18.2 Å². The van der Waals surface area contributed by atoms with Crippen LogP contribution >= 0.6 is 11.6 Å². The van der Waals surface area contributed by atoms with Crippen molar-refractivity contribution in [1.29, 1.82) is 0 Å². The molecule has 0 aliphatic carbocycles. The van der Waals surface area contributed by atoms with E-state index in [1.807, 2.05) is 0 Å². The van der Waals surface area contributed by atoms with E-state index < -0.39 is 0 Å². The number of morpholine rings is 1. The summed E-state index contributed by atoms with van der Waals surface area (Å²) in [6.45, 7) is 5.07. The van der Waals surface area contributed by atoms with Crippen LogP contribution in [0.3, 0.4) is 0 Å². The van der Waals surface area contributed by atoms with Crippen molar-refractivity contribution in [1.82, 2.24) is 14.9 Å². The number of methoxy groups -OCH3 is 1. The van der Waals surface area contributed by atoms with E-state index in [1.54, 1.807) is 18.2 Å². The lowest BCUT2D eigenvalue weighted by Crippen LogP contribution is -2.39. The fourth-order valence-corrected chi connectivity index (χ4v) is 2.89. The SMILES string of the molecule is COc1ccc(NC(=O)c2cnc(NCCN3CCOCC3)nc2)cc1Cl. The monoisotopic (exact) mass is 391 g/mol. The van der Waals surface area contributed by atoms with Crippen molar-refractivity contribution >= 4 is 29.1 Å². The largest absolute Gasteiger partial charge is 0.495 e. The zero-order valence-corrected chi connectivity index (χ0v) is 15.8. The molecule has 0 unspecified atom stereocenters. The Morgan fingerprint density at radius 1 is 1.30 bits per heavy atom. The summed E-state index contributed by atoms with van der Waals surface area (Å²) in [6.07, 6.45) is 2.98. The summed E-state index contributed by atoms with van der Waals surface area (Å²) >= 11 is 6.06. The number of ether oxygens (including phenoxy) is 2. The predicted octanol–water partition coefficient (Wildman–Crippen LogP) is 2.13. The summed E-state index contributed by atoms with van der Waals surface area (Å²) < 4.78 is 10.4. The number of nitrogens with one attached hydrogen (secondary N) is 2. The number of hydrogen-bond acceptors (Lipinski definition) is 7. The van der Waals surface area contributed by atoms with Crippen LogP contribution in [0.5, 0.6) is 5.75 Å². The number of halogens is 1. The number of benzene rings is 1. The lowest BCUT2D eigenvalue weighted by Gasteiger charge is -2.26. The minimum absolute atomic E-state index is 0.309. The van der Waals surface area contributed by atoms with Gasteiger partial charge in [0.15, 0.2) is 0 Å². The Labute approximate surface area is 162 Å². The molecule has 0 saturated carbocycles. The van der Waals surface area contributed by atoms with Crippen LogP contribution in [0.4, 0.5) is 11.6 Å². The minimum Gasteiger partial charge on any atom is -0.495 e. The van der Waals surface area contributed by atoms with Crippen LogP contribution in [-0.2, 0) is 4.74 Å². The molecule has 1 fully saturated rings. The van der Waals surface area contributed by atoms with E-state index in [4.69, 9.17) is 21.1 Å². The van der Waals surface area contributed by atoms with Gasteiger partial charge in [-0.3, -0.25) is 9.69 Å². The summed E-state index contributed by atoms with van der Waals surface area (Å²) in [5.41, 5.74) is 0.930. The lowest BCUT2D eigenvalue weighted by atomic mass is 10.2. The Morgan fingerprint density at radius 2 is 2.04 bits per heavy atom. The molecule has 144 valence electrons. The second-order valence-electron chi connectivity index (χ2n) is 5.98. The number of rotatable bonds is 7. The Morgan fingerprint density at radius 3 is 2.70 bits per heavy atom. The smallest absolute Gasteiger partial charge is 0.258 e. The van der Waals surface area contributed by atoms with E-state index in [0.717, 1.165) is 39.4 Å². The second-order valence-corrected chi connectivity index (χ2v) is 6.39. The van der Waals surface area contributed by atoms with Gasteiger partial charge in [-0.2, -0.15) is 0 Å². The molecule has 1 aliphatic heterocycles. The first-order valence-corrected chi connectivity index (χ1v) is 9.04. The van der Waals surface area contributed by atoms with E-state index in [2.05, 4.69) is 25.5 Å². The van der Waals surface area contributed by atoms with Gasteiger partial charge in [0.2, 0.25) is 5.95 Å². The summed E-state index contributed by atoms with van der Waals surface area (Å²) in [4.78, 5) is 23.0. The van der Waals surface area contributed by atoms with Crippen LogP contribution < -0.4 is 15.4 Å². The van der Waals surface area contributed by atoms with Crippen molar-refractivity contribution in [3.05, 3.63) is 41.2 Å². The quantitative estimate of drug-likeness (QED) is 0.747. The van der Waals surface area contributed by atoms with Gasteiger partial charge in [0.05, 0.1) is 30.9 Å². The van der Waals surface area contributed by atoms with E-state index in [9.17, 15) is 4.79 Å². The first-order chi connectivity index (χ1) is 13.2. The van der Waals surface area contributed by atoms with Crippen molar-refractivity contribution in [3.63, 3.8) is 0 Å². The van der Waals surface area contributed by atoms with Gasteiger partial charge < -0.3 is 20.1 Å². The molecular formula is C18H22ClN5O3. The first-order valence-electron chi connectivity index (χ1n) is 8.66. The normalized spacial score (nSPS) is 14.6. The van der Waals surface area contributed by atoms with Crippen LogP contribution in [-0.4, -0.2) is 67.3 Å². The highest BCUT2D eigenvalue weighted by Gasteiger charge is 2.11. The highest BCUT2D eigenvalue weighted by atomic mass is 35.5. The molecule has 0 bridgehead atoms. The molecule has 0 atom stereocenters. The molecule has 0 radical (unpaired) electrons. The molecule has 2 N–H and O–H groups in total. The zero-order valence-electron chi connectivity index (χ0n) is 15.1. The predicted molar refractivity (Wildman–Crippen MR) is 104 cm³/mol. The van der Waals surface area contributed by atoms with Crippen LogP contribution in [0, 0.1) is 0 Å². The maximum Gasteiger partial charge on any atom is 0.258 e. The Bertz CT molecular complexity index is 766. The van der Waals surface area contributed by atoms with Crippen LogP contribution in [0.1, 0.15) is 10.4 Å². The molecular weight excluding hydrogens is 370 g/mol. The Balaban J connectivity index is 1.50. The standard InChI is InChI=1S/C18H22ClN5O3/c1-26-16-3-2-14(10-15(16)19)23-17(25)13-11-21-18(22-12-13)20-4-5-24-6-8-27-9-7-24/h2-3,10-12H,4-9H2,1H3,(H,23,25)(H,20,21,22). The Kier molecular flexibility index (Phi) is 6.80. The maximum atomic E-state index is 12.3. The minimum atomic E-state index is -0.309. The van der Waals surface area contributed by atoms with Crippen molar-refractivity contribution in [2.45, 2.75) is 0 Å². The van der Waals surface area contributed by atoms with E-state index >= 15 is 0 Å². The third-order valence-electron chi connectivity index (χ3n) is 4.14. The van der Waals surface area contributed by atoms with E-state index in [-0.39, 0.29) is 5.91 Å². The fourth-order valence-electron chi connectivity index (χ4n) is 2.63. The Hall–Kier alpha value is -2.42. The molecule has 9 heteroatoms. The summed E-state index contributed by atoms with van der Waals surface area (Å²) in [5.74, 6) is 0.730. The number of nitrogens with zero attached hydrogens (tertiary/aromatic N) is 3. The molecule has 27 heavy (non-hydrogen) atoms. The second kappa shape index (κ2) is 9.50. The van der Waals surface area contributed by atoms with Crippen LogP contribution in [0.25, 0.3) is 0 Å². The van der Waals surface area contributed by atoms with Crippen molar-refractivity contribution < 1.29 is 14.3 Å². The van der Waals surface area contributed by atoms with Gasteiger partial charge in [0.1, 0.15) is 5.75 Å². The van der Waals surface area contributed by atoms with E-state index in [0.29, 0.717) is 28.0 Å². The fraction of sp³-hybridized carbons (Fsp3) is 0.389. The van der Waals surface area contributed by atoms with Crippen molar-refractivity contribution in [3.8, 4) is 5.75 Å². The summed E-state index contributed by atoms with van der Waals surface area (Å²) in [6, 6.07) is 5.03. The van der Waals surface area contributed by atoms with E-state index in [1.165, 1.54) is 19.5 Å². The van der Waals surface area contributed by atoms with Gasteiger partial charge in [-0.25, -0.2) is 9.97 Å². The molecule has 0 spiro atoms. The zero-order chi connectivity index (χ0) is 19.1. The van der Waals surface area contributed by atoms with Crippen molar-refractivity contribution in [2.24, 2.45) is 0 Å². The highest BCUT2D eigenvalue weighted by molar-refractivity contribution is 6.32. The average Bonchev–Trinajstić information content (AvgIpc) is 2.69. The molecule has 1 saturated heterocycles. The number of hydrogen-bond donors (Lipinski definition) is 2.